The van der Waals surface area contributed by atoms with Gasteiger partial charge in [-0.05, 0) is 25.0 Å². The Morgan fingerprint density at radius 1 is 1.47 bits per heavy atom. The monoisotopic (exact) mass is 231 g/mol. The molecule has 4 heteroatoms. The van der Waals surface area contributed by atoms with Crippen LogP contribution in [-0.4, -0.2) is 17.1 Å². The Balaban J connectivity index is 2.20. The van der Waals surface area contributed by atoms with E-state index in [0.717, 1.165) is 23.4 Å². The topological polar surface area (TPSA) is 63.9 Å². The van der Waals surface area contributed by atoms with E-state index in [1.54, 1.807) is 19.6 Å². The smallest absolute Gasteiger partial charge is 0.122 e. The molecule has 0 fully saturated rings. The number of nitrogens with zero attached hydrogens (tertiary/aromatic N) is 1. The highest BCUT2D eigenvalue weighted by Crippen LogP contribution is 2.24. The highest BCUT2D eigenvalue weighted by molar-refractivity contribution is 5.37. The van der Waals surface area contributed by atoms with Crippen LogP contribution in [-0.2, 0) is 6.42 Å². The first kappa shape index (κ1) is 11.7. The highest BCUT2D eigenvalue weighted by Gasteiger charge is 2.11. The normalized spacial score (nSPS) is 12.4. The second-order valence-corrected chi connectivity index (χ2v) is 4.13. The number of benzene rings is 1. The molecule has 0 amide bonds. The highest BCUT2D eigenvalue weighted by atomic mass is 16.5. The lowest BCUT2D eigenvalue weighted by atomic mass is 10.0. The van der Waals surface area contributed by atoms with Gasteiger partial charge in [-0.2, -0.15) is 0 Å². The maximum absolute atomic E-state index is 6.12. The largest absolute Gasteiger partial charge is 0.496 e. The van der Waals surface area contributed by atoms with Crippen molar-refractivity contribution in [2.45, 2.75) is 19.4 Å². The number of methoxy groups -OCH3 is 1. The summed E-state index contributed by atoms with van der Waals surface area (Å²) < 4.78 is 5.34. The summed E-state index contributed by atoms with van der Waals surface area (Å²) in [7, 11) is 1.68. The number of nitrogens with one attached hydrogen (secondary N) is 1. The van der Waals surface area contributed by atoms with Crippen LogP contribution in [0, 0.1) is 6.92 Å². The summed E-state index contributed by atoms with van der Waals surface area (Å²) in [6.07, 6.45) is 4.13. The third-order valence-electron chi connectivity index (χ3n) is 2.79. The Hall–Kier alpha value is -1.81. The van der Waals surface area contributed by atoms with Gasteiger partial charge in [0.1, 0.15) is 5.75 Å². The lowest BCUT2D eigenvalue weighted by Crippen LogP contribution is -2.14. The number of aromatic amines is 1. The van der Waals surface area contributed by atoms with Crippen molar-refractivity contribution in [3.05, 3.63) is 47.5 Å². The first-order valence-electron chi connectivity index (χ1n) is 5.58. The van der Waals surface area contributed by atoms with Gasteiger partial charge in [0.05, 0.1) is 25.2 Å². The predicted molar refractivity (Wildman–Crippen MR) is 67.0 cm³/mol. The Morgan fingerprint density at radius 2 is 2.29 bits per heavy atom. The first-order valence-corrected chi connectivity index (χ1v) is 5.58. The molecular formula is C13H17N3O. The van der Waals surface area contributed by atoms with Gasteiger partial charge >= 0.3 is 0 Å². The quantitative estimate of drug-likeness (QED) is 0.845. The number of hydrogen-bond acceptors (Lipinski definition) is 3. The third kappa shape index (κ3) is 2.65. The molecular weight excluding hydrogens is 214 g/mol. The number of hydrogen-bond donors (Lipinski definition) is 2. The zero-order chi connectivity index (χ0) is 12.3. The molecule has 0 bridgehead atoms. The van der Waals surface area contributed by atoms with Crippen molar-refractivity contribution in [1.82, 2.24) is 9.97 Å². The molecule has 0 saturated heterocycles. The number of nitrogens with two attached hydrogens (primary N) is 1. The molecule has 90 valence electrons. The average molecular weight is 231 g/mol. The van der Waals surface area contributed by atoms with E-state index in [0.29, 0.717) is 0 Å². The fraction of sp³-hybridized carbons (Fsp3) is 0.308. The average Bonchev–Trinajstić information content (AvgIpc) is 2.83. The van der Waals surface area contributed by atoms with Crippen molar-refractivity contribution in [2.24, 2.45) is 5.73 Å². The Kier molecular flexibility index (Phi) is 3.44. The van der Waals surface area contributed by atoms with E-state index < -0.39 is 0 Å². The number of imidazole rings is 1. The van der Waals surface area contributed by atoms with E-state index in [4.69, 9.17) is 10.5 Å². The van der Waals surface area contributed by atoms with Crippen LogP contribution in [0.15, 0.2) is 30.7 Å². The minimum Gasteiger partial charge on any atom is -0.496 e. The number of aryl methyl sites for hydroxylation is 1. The summed E-state index contributed by atoms with van der Waals surface area (Å²) in [6.45, 7) is 2.06. The van der Waals surface area contributed by atoms with Crippen molar-refractivity contribution in [1.29, 1.82) is 0 Å². The van der Waals surface area contributed by atoms with E-state index in [-0.39, 0.29) is 6.04 Å². The van der Waals surface area contributed by atoms with Crippen LogP contribution in [0.4, 0.5) is 0 Å². The fourth-order valence-electron chi connectivity index (χ4n) is 1.88. The van der Waals surface area contributed by atoms with Crippen LogP contribution in [0.3, 0.4) is 0 Å². The lowest BCUT2D eigenvalue weighted by molar-refractivity contribution is 0.408. The summed E-state index contributed by atoms with van der Waals surface area (Å²) in [4.78, 5) is 7.01. The van der Waals surface area contributed by atoms with Crippen molar-refractivity contribution in [2.75, 3.05) is 7.11 Å². The SMILES string of the molecule is COc1ccc(C)cc1CC(N)c1cnc[nH]1. The van der Waals surface area contributed by atoms with E-state index in [1.807, 2.05) is 12.1 Å². The summed E-state index contributed by atoms with van der Waals surface area (Å²) in [6, 6.07) is 6.02. The molecule has 0 saturated carbocycles. The van der Waals surface area contributed by atoms with Gasteiger partial charge in [-0.3, -0.25) is 0 Å². The molecule has 0 spiro atoms. The number of H-pyrrole nitrogens is 1. The number of aromatic nitrogens is 2. The predicted octanol–water partition coefficient (Wildman–Crippen LogP) is 1.97. The molecule has 17 heavy (non-hydrogen) atoms. The minimum atomic E-state index is -0.0896. The molecule has 2 rings (SSSR count). The summed E-state index contributed by atoms with van der Waals surface area (Å²) >= 11 is 0. The standard InChI is InChI=1S/C13H17N3O/c1-9-3-4-13(17-2)10(5-9)6-11(14)12-7-15-8-16-12/h3-5,7-8,11H,6,14H2,1-2H3,(H,15,16). The molecule has 1 aromatic heterocycles. The van der Waals surface area contributed by atoms with Crippen LogP contribution in [0.2, 0.25) is 0 Å². The Labute approximate surface area is 101 Å². The molecule has 1 unspecified atom stereocenters. The van der Waals surface area contributed by atoms with Crippen LogP contribution in [0.5, 0.6) is 5.75 Å². The van der Waals surface area contributed by atoms with Crippen molar-refractivity contribution in [3.63, 3.8) is 0 Å². The minimum absolute atomic E-state index is 0.0896. The zero-order valence-electron chi connectivity index (χ0n) is 10.1. The molecule has 1 heterocycles. The summed E-state index contributed by atoms with van der Waals surface area (Å²) in [5.41, 5.74) is 9.38. The Bertz CT molecular complexity index is 479. The van der Waals surface area contributed by atoms with E-state index in [1.165, 1.54) is 5.56 Å². The second kappa shape index (κ2) is 5.01. The maximum atomic E-state index is 6.12. The van der Waals surface area contributed by atoms with E-state index >= 15 is 0 Å². The zero-order valence-corrected chi connectivity index (χ0v) is 10.1. The lowest BCUT2D eigenvalue weighted by Gasteiger charge is -2.13. The maximum Gasteiger partial charge on any atom is 0.122 e. The fourth-order valence-corrected chi connectivity index (χ4v) is 1.88. The molecule has 1 aromatic carbocycles. The molecule has 0 aliphatic rings. The van der Waals surface area contributed by atoms with Crippen LogP contribution in [0.25, 0.3) is 0 Å². The van der Waals surface area contributed by atoms with Crippen molar-refractivity contribution in [3.8, 4) is 5.75 Å². The van der Waals surface area contributed by atoms with Gasteiger partial charge < -0.3 is 15.5 Å². The number of ether oxygens (including phenoxy) is 1. The molecule has 3 N–H and O–H groups in total. The van der Waals surface area contributed by atoms with Crippen LogP contribution in [0.1, 0.15) is 22.9 Å². The molecule has 4 nitrogen and oxygen atoms in total. The molecule has 2 aromatic rings. The van der Waals surface area contributed by atoms with Gasteiger partial charge in [0.15, 0.2) is 0 Å². The van der Waals surface area contributed by atoms with Gasteiger partial charge in [-0.25, -0.2) is 4.98 Å². The van der Waals surface area contributed by atoms with Crippen molar-refractivity contribution < 1.29 is 4.74 Å². The molecule has 0 aliphatic carbocycles. The van der Waals surface area contributed by atoms with E-state index in [2.05, 4.69) is 23.0 Å². The van der Waals surface area contributed by atoms with Crippen LogP contribution >= 0.6 is 0 Å². The van der Waals surface area contributed by atoms with Gasteiger partial charge in [0.25, 0.3) is 0 Å². The van der Waals surface area contributed by atoms with E-state index in [9.17, 15) is 0 Å². The third-order valence-corrected chi connectivity index (χ3v) is 2.79. The van der Waals surface area contributed by atoms with Crippen LogP contribution < -0.4 is 10.5 Å². The number of rotatable bonds is 4. The van der Waals surface area contributed by atoms with Gasteiger partial charge in [-0.1, -0.05) is 17.7 Å². The molecule has 1 atom stereocenters. The van der Waals surface area contributed by atoms with Gasteiger partial charge in [0.2, 0.25) is 0 Å². The van der Waals surface area contributed by atoms with Crippen molar-refractivity contribution >= 4 is 0 Å². The molecule has 0 radical (unpaired) electrons. The van der Waals surface area contributed by atoms with Gasteiger partial charge in [0, 0.05) is 6.20 Å². The molecule has 0 aliphatic heterocycles. The van der Waals surface area contributed by atoms with Gasteiger partial charge in [-0.15, -0.1) is 0 Å². The second-order valence-electron chi connectivity index (χ2n) is 4.13. The summed E-state index contributed by atoms with van der Waals surface area (Å²) in [5.74, 6) is 0.880. The Morgan fingerprint density at radius 3 is 2.94 bits per heavy atom. The summed E-state index contributed by atoms with van der Waals surface area (Å²) in [5, 5.41) is 0. The first-order chi connectivity index (χ1) is 8.20.